The maximum Gasteiger partial charge on any atom is 0.178 e. The second-order valence-electron chi connectivity index (χ2n) is 6.16. The highest BCUT2D eigenvalue weighted by Crippen LogP contribution is 2.13. The number of methoxy groups -OCH3 is 1. The molecule has 1 heterocycles. The molecule has 0 radical (unpaired) electrons. The monoisotopic (exact) mass is 340 g/mol. The molecule has 1 unspecified atom stereocenters. The van der Waals surface area contributed by atoms with E-state index in [1.54, 1.807) is 31.4 Å². The Hall–Kier alpha value is -0.950. The second kappa shape index (κ2) is 8.78. The summed E-state index contributed by atoms with van der Waals surface area (Å²) >= 11 is 0. The van der Waals surface area contributed by atoms with Gasteiger partial charge in [-0.3, -0.25) is 4.90 Å². The van der Waals surface area contributed by atoms with Crippen LogP contribution in [-0.4, -0.2) is 76.5 Å². The molecular weight excluding hydrogens is 312 g/mol. The molecule has 0 aromatic heterocycles. The van der Waals surface area contributed by atoms with Gasteiger partial charge >= 0.3 is 0 Å². The summed E-state index contributed by atoms with van der Waals surface area (Å²) in [6.07, 6.45) is 0.683. The molecule has 0 aliphatic carbocycles. The summed E-state index contributed by atoms with van der Waals surface area (Å²) < 4.78 is 29.7. The Morgan fingerprint density at radius 1 is 1.17 bits per heavy atom. The van der Waals surface area contributed by atoms with Crippen LogP contribution < -0.4 is 0 Å². The average molecular weight is 340 g/mol. The van der Waals surface area contributed by atoms with Crippen molar-refractivity contribution in [1.82, 2.24) is 9.80 Å². The molecule has 0 amide bonds. The molecule has 0 N–H and O–H groups in total. The number of sulfone groups is 1. The molecule has 130 valence electrons. The Morgan fingerprint density at radius 3 is 2.57 bits per heavy atom. The smallest absolute Gasteiger partial charge is 0.178 e. The summed E-state index contributed by atoms with van der Waals surface area (Å²) in [4.78, 5) is 5.23. The van der Waals surface area contributed by atoms with E-state index < -0.39 is 9.84 Å². The van der Waals surface area contributed by atoms with Crippen LogP contribution in [0.3, 0.4) is 0 Å². The van der Waals surface area contributed by atoms with E-state index in [-0.39, 0.29) is 5.75 Å². The quantitative estimate of drug-likeness (QED) is 0.718. The highest BCUT2D eigenvalue weighted by Gasteiger charge is 2.23. The van der Waals surface area contributed by atoms with E-state index in [9.17, 15) is 8.42 Å². The fraction of sp³-hybridized carbons (Fsp3) is 0.647. The van der Waals surface area contributed by atoms with Gasteiger partial charge in [0.25, 0.3) is 0 Å². The summed E-state index contributed by atoms with van der Waals surface area (Å²) in [6.45, 7) is 7.81. The first kappa shape index (κ1) is 18.4. The lowest BCUT2D eigenvalue weighted by Gasteiger charge is -2.39. The summed E-state index contributed by atoms with van der Waals surface area (Å²) in [7, 11) is -1.42. The molecule has 1 atom stereocenters. The summed E-state index contributed by atoms with van der Waals surface area (Å²) in [5, 5.41) is 0. The van der Waals surface area contributed by atoms with Crippen molar-refractivity contribution in [3.63, 3.8) is 0 Å². The minimum Gasteiger partial charge on any atom is -0.383 e. The Labute approximate surface area is 140 Å². The molecule has 1 aromatic rings. The van der Waals surface area contributed by atoms with Gasteiger partial charge in [0.15, 0.2) is 9.84 Å². The third-order valence-corrected chi connectivity index (χ3v) is 6.24. The van der Waals surface area contributed by atoms with Crippen molar-refractivity contribution in [2.45, 2.75) is 24.3 Å². The van der Waals surface area contributed by atoms with Crippen LogP contribution in [0.15, 0.2) is 35.2 Å². The first-order valence-corrected chi connectivity index (χ1v) is 9.91. The first-order chi connectivity index (χ1) is 11.0. The molecular formula is C17H28N2O3S. The molecule has 1 aliphatic rings. The van der Waals surface area contributed by atoms with Gasteiger partial charge in [0.1, 0.15) is 0 Å². The molecule has 1 aliphatic heterocycles. The van der Waals surface area contributed by atoms with Crippen LogP contribution in [-0.2, 0) is 14.6 Å². The van der Waals surface area contributed by atoms with Gasteiger partial charge in [0, 0.05) is 39.3 Å². The molecule has 2 rings (SSSR count). The van der Waals surface area contributed by atoms with Crippen LogP contribution in [0.2, 0.25) is 0 Å². The molecule has 6 heteroatoms. The van der Waals surface area contributed by atoms with Crippen LogP contribution in [0.4, 0.5) is 0 Å². The molecule has 23 heavy (non-hydrogen) atoms. The van der Waals surface area contributed by atoms with Crippen LogP contribution in [0, 0.1) is 0 Å². The zero-order valence-electron chi connectivity index (χ0n) is 14.1. The summed E-state index contributed by atoms with van der Waals surface area (Å²) in [6, 6.07) is 9.22. The minimum atomic E-state index is -3.15. The number of nitrogens with zero attached hydrogens (tertiary/aromatic N) is 2. The molecule has 1 aromatic carbocycles. The van der Waals surface area contributed by atoms with E-state index in [2.05, 4.69) is 16.7 Å². The average Bonchev–Trinajstić information content (AvgIpc) is 2.55. The third kappa shape index (κ3) is 5.57. The molecule has 5 nitrogen and oxygen atoms in total. The number of piperazine rings is 1. The van der Waals surface area contributed by atoms with Crippen molar-refractivity contribution in [2.75, 3.05) is 52.2 Å². The molecule has 0 spiro atoms. The first-order valence-electron chi connectivity index (χ1n) is 8.26. The molecule has 0 bridgehead atoms. The van der Waals surface area contributed by atoms with Gasteiger partial charge in [-0.1, -0.05) is 18.2 Å². The second-order valence-corrected chi connectivity index (χ2v) is 8.27. The van der Waals surface area contributed by atoms with Crippen LogP contribution in [0.1, 0.15) is 13.3 Å². The lowest BCUT2D eigenvalue weighted by atomic mass is 10.2. The van der Waals surface area contributed by atoms with Crippen molar-refractivity contribution in [2.24, 2.45) is 0 Å². The van der Waals surface area contributed by atoms with E-state index in [1.807, 2.05) is 6.07 Å². The zero-order valence-corrected chi connectivity index (χ0v) is 15.0. The van der Waals surface area contributed by atoms with Crippen LogP contribution in [0.25, 0.3) is 0 Å². The van der Waals surface area contributed by atoms with Gasteiger partial charge in [-0.05, 0) is 32.0 Å². The molecule has 1 fully saturated rings. The van der Waals surface area contributed by atoms with E-state index in [0.29, 0.717) is 17.4 Å². The van der Waals surface area contributed by atoms with Gasteiger partial charge in [-0.2, -0.15) is 0 Å². The highest BCUT2D eigenvalue weighted by atomic mass is 32.2. The molecule has 0 saturated carbocycles. The number of hydrogen-bond donors (Lipinski definition) is 0. The van der Waals surface area contributed by atoms with Crippen molar-refractivity contribution in [3.05, 3.63) is 30.3 Å². The van der Waals surface area contributed by atoms with Gasteiger partial charge in [0.2, 0.25) is 0 Å². The maximum atomic E-state index is 12.3. The summed E-state index contributed by atoms with van der Waals surface area (Å²) in [5.74, 6) is 0.218. The third-order valence-electron chi connectivity index (χ3n) is 4.42. The van der Waals surface area contributed by atoms with Gasteiger partial charge in [-0.15, -0.1) is 0 Å². The fourth-order valence-corrected chi connectivity index (χ4v) is 4.36. The Kier molecular flexibility index (Phi) is 7.02. The Morgan fingerprint density at radius 2 is 1.91 bits per heavy atom. The predicted octanol–water partition coefficient (Wildman–Crippen LogP) is 1.50. The van der Waals surface area contributed by atoms with E-state index in [1.165, 1.54) is 0 Å². The maximum absolute atomic E-state index is 12.3. The van der Waals surface area contributed by atoms with Crippen LogP contribution >= 0.6 is 0 Å². The zero-order chi connectivity index (χ0) is 16.7. The number of rotatable bonds is 8. The van der Waals surface area contributed by atoms with E-state index in [0.717, 1.165) is 39.3 Å². The standard InChI is InChI=1S/C17H28N2O3S/c1-16-15-18(10-11-19(16)12-13-22-2)9-6-14-23(20,21)17-7-4-3-5-8-17/h3-5,7-8,16H,6,9-15H2,1-2H3. The van der Waals surface area contributed by atoms with Crippen LogP contribution in [0.5, 0.6) is 0 Å². The van der Waals surface area contributed by atoms with E-state index >= 15 is 0 Å². The Bertz CT molecular complexity index is 562. The van der Waals surface area contributed by atoms with Gasteiger partial charge in [-0.25, -0.2) is 8.42 Å². The number of ether oxygens (including phenoxy) is 1. The summed E-state index contributed by atoms with van der Waals surface area (Å²) in [5.41, 5.74) is 0. The fourth-order valence-electron chi connectivity index (χ4n) is 3.04. The van der Waals surface area contributed by atoms with Crippen molar-refractivity contribution >= 4 is 9.84 Å². The lowest BCUT2D eigenvalue weighted by Crippen LogP contribution is -2.52. The molecule has 1 saturated heterocycles. The van der Waals surface area contributed by atoms with Gasteiger partial charge < -0.3 is 9.64 Å². The minimum absolute atomic E-state index is 0.218. The van der Waals surface area contributed by atoms with E-state index in [4.69, 9.17) is 4.74 Å². The van der Waals surface area contributed by atoms with Crippen molar-refractivity contribution in [1.29, 1.82) is 0 Å². The Balaban J connectivity index is 1.75. The van der Waals surface area contributed by atoms with Crippen molar-refractivity contribution in [3.8, 4) is 0 Å². The van der Waals surface area contributed by atoms with Gasteiger partial charge in [0.05, 0.1) is 17.3 Å². The highest BCUT2D eigenvalue weighted by molar-refractivity contribution is 7.91. The lowest BCUT2D eigenvalue weighted by molar-refractivity contribution is 0.0592. The SMILES string of the molecule is COCCN1CCN(CCCS(=O)(=O)c2ccccc2)CC1C. The largest absolute Gasteiger partial charge is 0.383 e. The normalized spacial score (nSPS) is 20.7. The number of benzene rings is 1. The predicted molar refractivity (Wildman–Crippen MR) is 92.5 cm³/mol. The van der Waals surface area contributed by atoms with Crippen molar-refractivity contribution < 1.29 is 13.2 Å². The topological polar surface area (TPSA) is 49.9 Å². The number of hydrogen-bond acceptors (Lipinski definition) is 5.